The van der Waals surface area contributed by atoms with Crippen LogP contribution in [0.25, 0.3) is 10.8 Å². The highest BCUT2D eigenvalue weighted by Gasteiger charge is 1.98. The third-order valence-electron chi connectivity index (χ3n) is 2.10. The number of nitrogens with one attached hydrogen (secondary N) is 1. The molecule has 0 radical (unpaired) electrons. The number of hydrogen-bond donors (Lipinski definition) is 1. The summed E-state index contributed by atoms with van der Waals surface area (Å²) >= 11 is 5.42. The van der Waals surface area contributed by atoms with Gasteiger partial charge >= 0.3 is 11.3 Å². The first-order valence-electron chi connectivity index (χ1n) is 4.81. The van der Waals surface area contributed by atoms with E-state index in [1.807, 2.05) is 0 Å². The maximum atomic E-state index is 10.9. The summed E-state index contributed by atoms with van der Waals surface area (Å²) in [6.07, 6.45) is 3.50. The van der Waals surface area contributed by atoms with Crippen molar-refractivity contribution in [3.8, 4) is 0 Å². The van der Waals surface area contributed by atoms with Gasteiger partial charge in [0.15, 0.2) is 0 Å². The van der Waals surface area contributed by atoms with Crippen LogP contribution in [-0.2, 0) is 0 Å². The van der Waals surface area contributed by atoms with Crippen LogP contribution in [0.1, 0.15) is 0 Å². The average Bonchev–Trinajstić information content (AvgIpc) is 2.72. The average molecular weight is 250 g/mol. The predicted molar refractivity (Wildman–Crippen MR) is 65.7 cm³/mol. The van der Waals surface area contributed by atoms with Gasteiger partial charge in [0.25, 0.3) is 0 Å². The quantitative estimate of drug-likeness (QED) is 0.665. The number of H-pyrrole nitrogens is 1. The van der Waals surface area contributed by atoms with E-state index in [1.165, 1.54) is 0 Å². The number of benzene rings is 1. The van der Waals surface area contributed by atoms with Crippen molar-refractivity contribution in [2.24, 2.45) is 0 Å². The maximum absolute atomic E-state index is 10.9. The molecule has 4 aromatic rings. The van der Waals surface area contributed by atoms with Crippen molar-refractivity contribution in [3.63, 3.8) is 0 Å². The highest BCUT2D eigenvalue weighted by atomic mass is 35.5. The molecule has 0 amide bonds. The standard InChI is InChI=1S/C8H4O3.C4H4ClN/c9-7-5-1-2-6(4-3-5)8(10)11-7;5-4-1-2-6-3-4/h1-4H;1-3,6H. The minimum Gasteiger partial charge on any atom is -0.386 e. The van der Waals surface area contributed by atoms with Gasteiger partial charge < -0.3 is 9.40 Å². The molecule has 4 rings (SSSR count). The highest BCUT2D eigenvalue weighted by Crippen LogP contribution is 2.02. The van der Waals surface area contributed by atoms with Crippen LogP contribution >= 0.6 is 11.6 Å². The second kappa shape index (κ2) is 4.84. The molecule has 0 unspecified atom stereocenters. The Labute approximate surface area is 101 Å². The predicted octanol–water partition coefficient (Wildman–Crippen LogP) is 2.26. The van der Waals surface area contributed by atoms with E-state index in [2.05, 4.69) is 9.40 Å². The van der Waals surface area contributed by atoms with Crippen molar-refractivity contribution >= 4 is 22.4 Å². The van der Waals surface area contributed by atoms with E-state index in [4.69, 9.17) is 11.6 Å². The van der Waals surface area contributed by atoms with Crippen LogP contribution in [0.5, 0.6) is 0 Å². The first kappa shape index (κ1) is 11.4. The fraction of sp³-hybridized carbons (Fsp3) is 0. The molecule has 1 aromatic carbocycles. The monoisotopic (exact) mass is 249 g/mol. The number of aromatic amines is 1. The largest absolute Gasteiger partial charge is 0.386 e. The summed E-state index contributed by atoms with van der Waals surface area (Å²) in [5, 5.41) is 1.59. The zero-order valence-corrected chi connectivity index (χ0v) is 9.40. The number of aromatic nitrogens is 1. The molecule has 0 fully saturated rings. The summed E-state index contributed by atoms with van der Waals surface area (Å²) in [7, 11) is 0. The van der Waals surface area contributed by atoms with Gasteiger partial charge in [0.05, 0.1) is 15.8 Å². The van der Waals surface area contributed by atoms with E-state index in [9.17, 15) is 9.59 Å². The Bertz CT molecular complexity index is 639. The lowest BCUT2D eigenvalue weighted by atomic mass is 10.2. The normalized spacial score (nSPS) is 9.94. The van der Waals surface area contributed by atoms with Gasteiger partial charge in [-0.1, -0.05) is 11.6 Å². The zero-order valence-electron chi connectivity index (χ0n) is 8.64. The summed E-state index contributed by atoms with van der Waals surface area (Å²) in [5.41, 5.74) is -1.15. The topological polar surface area (TPSA) is 63.1 Å². The van der Waals surface area contributed by atoms with E-state index in [1.54, 1.807) is 42.7 Å². The van der Waals surface area contributed by atoms with Crippen LogP contribution in [0.15, 0.2) is 56.7 Å². The molecule has 0 aliphatic carbocycles. The first-order valence-corrected chi connectivity index (χ1v) is 5.19. The Kier molecular flexibility index (Phi) is 3.25. The third-order valence-corrected chi connectivity index (χ3v) is 2.34. The fourth-order valence-corrected chi connectivity index (χ4v) is 1.37. The van der Waals surface area contributed by atoms with Crippen LogP contribution in [0.4, 0.5) is 0 Å². The molecule has 86 valence electrons. The van der Waals surface area contributed by atoms with Gasteiger partial charge in [-0.25, -0.2) is 9.59 Å². The molecule has 0 aliphatic rings. The van der Waals surface area contributed by atoms with Crippen molar-refractivity contribution in [2.75, 3.05) is 0 Å². The molecule has 3 aromatic heterocycles. The number of halogens is 1. The molecule has 0 spiro atoms. The lowest BCUT2D eigenvalue weighted by Crippen LogP contribution is -2.02. The number of rotatable bonds is 0. The molecule has 5 heteroatoms. The van der Waals surface area contributed by atoms with E-state index in [0.29, 0.717) is 10.8 Å². The van der Waals surface area contributed by atoms with Gasteiger partial charge in [0.2, 0.25) is 0 Å². The van der Waals surface area contributed by atoms with E-state index in [0.717, 1.165) is 5.02 Å². The summed E-state index contributed by atoms with van der Waals surface area (Å²) in [6, 6.07) is 8.08. The highest BCUT2D eigenvalue weighted by molar-refractivity contribution is 6.30. The van der Waals surface area contributed by atoms with Crippen LogP contribution in [0.2, 0.25) is 5.02 Å². The molecule has 4 nitrogen and oxygen atoms in total. The zero-order chi connectivity index (χ0) is 12.3. The third kappa shape index (κ3) is 2.73. The van der Waals surface area contributed by atoms with Crippen molar-refractivity contribution in [2.45, 2.75) is 0 Å². The van der Waals surface area contributed by atoms with Crippen LogP contribution < -0.4 is 11.3 Å². The van der Waals surface area contributed by atoms with Gasteiger partial charge in [0, 0.05) is 12.4 Å². The summed E-state index contributed by atoms with van der Waals surface area (Å²) in [6.45, 7) is 0. The second-order valence-electron chi connectivity index (χ2n) is 3.28. The van der Waals surface area contributed by atoms with Crippen LogP contribution in [-0.4, -0.2) is 4.98 Å². The molecule has 0 saturated carbocycles. The molecule has 0 atom stereocenters. The van der Waals surface area contributed by atoms with E-state index in [-0.39, 0.29) is 0 Å². The van der Waals surface area contributed by atoms with Gasteiger partial charge in [-0.15, -0.1) is 0 Å². The Morgan fingerprint density at radius 1 is 0.941 bits per heavy atom. The van der Waals surface area contributed by atoms with E-state index >= 15 is 0 Å². The lowest BCUT2D eigenvalue weighted by Gasteiger charge is -1.77. The Morgan fingerprint density at radius 3 is 1.76 bits per heavy atom. The number of fused-ring (bicyclic) bond motifs is 4. The SMILES string of the molecule is Clc1cc[nH]c1.O=c1oc(=O)c2ccc1cc2. The molecule has 0 aliphatic heterocycles. The Hall–Kier alpha value is -2.07. The summed E-state index contributed by atoms with van der Waals surface area (Å²) in [4.78, 5) is 24.6. The van der Waals surface area contributed by atoms with Crippen molar-refractivity contribution in [1.29, 1.82) is 0 Å². The van der Waals surface area contributed by atoms with Gasteiger partial charge in [0.1, 0.15) is 0 Å². The molecule has 1 N–H and O–H groups in total. The maximum Gasteiger partial charge on any atom is 0.346 e. The minimum absolute atomic E-state index is 0.416. The lowest BCUT2D eigenvalue weighted by molar-refractivity contribution is 0.492. The molecular formula is C12H8ClNO3. The summed E-state index contributed by atoms with van der Waals surface area (Å²) < 4.78 is 4.42. The smallest absolute Gasteiger partial charge is 0.346 e. The second-order valence-corrected chi connectivity index (χ2v) is 3.72. The molecule has 17 heavy (non-hydrogen) atoms. The fourth-order valence-electron chi connectivity index (χ4n) is 1.25. The number of hydrogen-bond acceptors (Lipinski definition) is 3. The van der Waals surface area contributed by atoms with Gasteiger partial charge in [-0.3, -0.25) is 0 Å². The van der Waals surface area contributed by atoms with Gasteiger partial charge in [-0.2, -0.15) is 0 Å². The molecule has 2 bridgehead atoms. The van der Waals surface area contributed by atoms with E-state index < -0.39 is 11.3 Å². The molecular weight excluding hydrogens is 242 g/mol. The van der Waals surface area contributed by atoms with Crippen LogP contribution in [0, 0.1) is 0 Å². The van der Waals surface area contributed by atoms with Crippen molar-refractivity contribution < 1.29 is 4.42 Å². The van der Waals surface area contributed by atoms with Crippen LogP contribution in [0.3, 0.4) is 0 Å². The summed E-state index contributed by atoms with van der Waals surface area (Å²) in [5.74, 6) is 0. The minimum atomic E-state index is -0.574. The molecule has 3 heterocycles. The van der Waals surface area contributed by atoms with Crippen molar-refractivity contribution in [3.05, 3.63) is 68.6 Å². The van der Waals surface area contributed by atoms with Crippen molar-refractivity contribution in [1.82, 2.24) is 4.98 Å². The molecule has 0 saturated heterocycles. The van der Waals surface area contributed by atoms with Gasteiger partial charge in [-0.05, 0) is 30.3 Å². The first-order chi connectivity index (χ1) is 8.16. The Balaban J connectivity index is 0.000000153. The Morgan fingerprint density at radius 2 is 1.47 bits per heavy atom.